The molecule has 0 unspecified atom stereocenters. The number of hydrogen-bond donors (Lipinski definition) is 1. The Morgan fingerprint density at radius 2 is 2.07 bits per heavy atom. The van der Waals surface area contributed by atoms with Gasteiger partial charge >= 0.3 is 5.97 Å². The molecule has 0 saturated heterocycles. The van der Waals surface area contributed by atoms with Gasteiger partial charge in [-0.2, -0.15) is 8.75 Å². The van der Waals surface area contributed by atoms with Gasteiger partial charge in [-0.1, -0.05) is 29.8 Å². The lowest BCUT2D eigenvalue weighted by Crippen LogP contribution is -1.99. The molecule has 0 aliphatic carbocycles. The van der Waals surface area contributed by atoms with E-state index >= 15 is 0 Å². The van der Waals surface area contributed by atoms with Crippen molar-refractivity contribution < 1.29 is 9.90 Å². The Morgan fingerprint density at radius 1 is 1.33 bits per heavy atom. The first-order chi connectivity index (χ1) is 7.20. The molecule has 1 N–H and O–H groups in total. The van der Waals surface area contributed by atoms with Crippen molar-refractivity contribution in [3.8, 4) is 11.3 Å². The fourth-order valence-electron chi connectivity index (χ4n) is 1.16. The zero-order valence-electron chi connectivity index (χ0n) is 7.35. The third-order valence-electron chi connectivity index (χ3n) is 1.82. The summed E-state index contributed by atoms with van der Waals surface area (Å²) < 4.78 is 7.64. The molecule has 1 aromatic carbocycles. The van der Waals surface area contributed by atoms with Crippen LogP contribution >= 0.6 is 23.3 Å². The van der Waals surface area contributed by atoms with Gasteiger partial charge in [-0.15, -0.1) is 0 Å². The van der Waals surface area contributed by atoms with Crippen LogP contribution in [0.3, 0.4) is 0 Å². The van der Waals surface area contributed by atoms with Gasteiger partial charge in [0.25, 0.3) is 0 Å². The minimum Gasteiger partial charge on any atom is -0.476 e. The number of carbonyl (C=O) groups is 1. The predicted octanol–water partition coefficient (Wildman–Crippen LogP) is 2.56. The summed E-state index contributed by atoms with van der Waals surface area (Å²) in [4.78, 5) is 10.8. The summed E-state index contributed by atoms with van der Waals surface area (Å²) in [6.45, 7) is 0. The minimum atomic E-state index is -1.10. The molecular weight excluding hydrogens is 236 g/mol. The molecular formula is C9H5ClN2O2S. The van der Waals surface area contributed by atoms with E-state index in [1.807, 2.05) is 0 Å². The molecule has 0 atom stereocenters. The smallest absolute Gasteiger partial charge is 0.357 e. The number of aromatic nitrogens is 2. The molecule has 76 valence electrons. The van der Waals surface area contributed by atoms with Gasteiger partial charge < -0.3 is 5.11 Å². The molecule has 0 amide bonds. The molecule has 1 aromatic heterocycles. The van der Waals surface area contributed by atoms with Crippen LogP contribution in [0.15, 0.2) is 24.3 Å². The van der Waals surface area contributed by atoms with Crippen LogP contribution in [-0.4, -0.2) is 19.8 Å². The van der Waals surface area contributed by atoms with E-state index in [0.29, 0.717) is 16.3 Å². The van der Waals surface area contributed by atoms with Crippen molar-refractivity contribution in [1.82, 2.24) is 8.75 Å². The van der Waals surface area contributed by atoms with Gasteiger partial charge in [-0.25, -0.2) is 4.79 Å². The highest BCUT2D eigenvalue weighted by Crippen LogP contribution is 2.28. The number of carboxylic acid groups (broad SMARTS) is 1. The van der Waals surface area contributed by atoms with Crippen LogP contribution in [0.4, 0.5) is 0 Å². The molecule has 2 aromatic rings. The third-order valence-corrected chi connectivity index (χ3v) is 2.68. The summed E-state index contributed by atoms with van der Waals surface area (Å²) in [6.07, 6.45) is 0. The topological polar surface area (TPSA) is 63.1 Å². The highest BCUT2D eigenvalue weighted by atomic mass is 35.5. The maximum Gasteiger partial charge on any atom is 0.357 e. The first-order valence-electron chi connectivity index (χ1n) is 4.01. The van der Waals surface area contributed by atoms with Gasteiger partial charge in [-0.05, 0) is 6.07 Å². The summed E-state index contributed by atoms with van der Waals surface area (Å²) in [5.41, 5.74) is 0.844. The lowest BCUT2D eigenvalue weighted by Gasteiger charge is -1.99. The Labute approximate surface area is 94.5 Å². The van der Waals surface area contributed by atoms with E-state index in [1.54, 1.807) is 24.3 Å². The zero-order valence-corrected chi connectivity index (χ0v) is 8.92. The van der Waals surface area contributed by atoms with E-state index < -0.39 is 5.97 Å². The number of halogens is 1. The van der Waals surface area contributed by atoms with Crippen LogP contribution in [0.25, 0.3) is 11.3 Å². The molecule has 0 aliphatic rings. The van der Waals surface area contributed by atoms with Crippen molar-refractivity contribution in [2.24, 2.45) is 0 Å². The van der Waals surface area contributed by atoms with E-state index in [-0.39, 0.29) is 5.69 Å². The first kappa shape index (κ1) is 10.1. The molecule has 0 bridgehead atoms. The fraction of sp³-hybridized carbons (Fsp3) is 0. The number of aromatic carboxylic acids is 1. The average molecular weight is 241 g/mol. The second-order valence-corrected chi connectivity index (χ2v) is 3.68. The van der Waals surface area contributed by atoms with E-state index in [9.17, 15) is 4.79 Å². The summed E-state index contributed by atoms with van der Waals surface area (Å²) in [6, 6.07) is 6.94. The zero-order chi connectivity index (χ0) is 10.8. The second kappa shape index (κ2) is 3.96. The number of carboxylic acids is 1. The second-order valence-electron chi connectivity index (χ2n) is 2.75. The van der Waals surface area contributed by atoms with Crippen LogP contribution in [0.5, 0.6) is 0 Å². The summed E-state index contributed by atoms with van der Waals surface area (Å²) in [5, 5.41) is 9.33. The molecule has 15 heavy (non-hydrogen) atoms. The maximum atomic E-state index is 10.8. The molecule has 1 heterocycles. The Morgan fingerprint density at radius 3 is 2.73 bits per heavy atom. The Kier molecular flexibility index (Phi) is 2.66. The van der Waals surface area contributed by atoms with E-state index in [4.69, 9.17) is 16.7 Å². The van der Waals surface area contributed by atoms with Gasteiger partial charge in [0.1, 0.15) is 5.69 Å². The summed E-state index contributed by atoms with van der Waals surface area (Å²) >= 11 is 6.79. The maximum absolute atomic E-state index is 10.8. The van der Waals surface area contributed by atoms with Crippen molar-refractivity contribution >= 4 is 29.3 Å². The molecule has 0 saturated carbocycles. The van der Waals surface area contributed by atoms with Crippen LogP contribution in [0, 0.1) is 0 Å². The molecule has 4 nitrogen and oxygen atoms in total. The van der Waals surface area contributed by atoms with Crippen molar-refractivity contribution in [3.05, 3.63) is 35.0 Å². The van der Waals surface area contributed by atoms with Gasteiger partial charge in [0.2, 0.25) is 0 Å². The van der Waals surface area contributed by atoms with E-state index in [2.05, 4.69) is 8.75 Å². The standard InChI is InChI=1S/C9H5ClN2O2S/c10-6-4-2-1-3-5(6)7-8(9(13)14)12-15-11-7/h1-4H,(H,13,14). The van der Waals surface area contributed by atoms with E-state index in [0.717, 1.165) is 11.7 Å². The first-order valence-corrected chi connectivity index (χ1v) is 5.11. The van der Waals surface area contributed by atoms with Crippen LogP contribution in [-0.2, 0) is 0 Å². The lowest BCUT2D eigenvalue weighted by atomic mass is 10.1. The van der Waals surface area contributed by atoms with Gasteiger partial charge in [-0.3, -0.25) is 0 Å². The Bertz CT molecular complexity index is 512. The van der Waals surface area contributed by atoms with Crippen molar-refractivity contribution in [3.63, 3.8) is 0 Å². The van der Waals surface area contributed by atoms with Crippen molar-refractivity contribution in [2.75, 3.05) is 0 Å². The van der Waals surface area contributed by atoms with Crippen molar-refractivity contribution in [2.45, 2.75) is 0 Å². The monoisotopic (exact) mass is 240 g/mol. The molecule has 0 aliphatic heterocycles. The van der Waals surface area contributed by atoms with Crippen molar-refractivity contribution in [1.29, 1.82) is 0 Å². The molecule has 0 fully saturated rings. The highest BCUT2D eigenvalue weighted by Gasteiger charge is 2.18. The largest absolute Gasteiger partial charge is 0.476 e. The molecule has 0 radical (unpaired) electrons. The summed E-state index contributed by atoms with van der Waals surface area (Å²) in [5.74, 6) is -1.10. The van der Waals surface area contributed by atoms with Gasteiger partial charge in [0.15, 0.2) is 5.69 Å². The Hall–Kier alpha value is -1.46. The van der Waals surface area contributed by atoms with Gasteiger partial charge in [0.05, 0.1) is 16.8 Å². The average Bonchev–Trinajstić information content (AvgIpc) is 2.67. The molecule has 2 rings (SSSR count). The quantitative estimate of drug-likeness (QED) is 0.876. The number of benzene rings is 1. The minimum absolute atomic E-state index is 0.0619. The SMILES string of the molecule is O=C(O)c1nsnc1-c1ccccc1Cl. The normalized spacial score (nSPS) is 10.2. The third kappa shape index (κ3) is 1.84. The number of hydrogen-bond acceptors (Lipinski definition) is 4. The lowest BCUT2D eigenvalue weighted by molar-refractivity contribution is 0.0692. The van der Waals surface area contributed by atoms with Crippen LogP contribution in [0.1, 0.15) is 10.5 Å². The summed E-state index contributed by atoms with van der Waals surface area (Å²) in [7, 11) is 0. The molecule has 0 spiro atoms. The van der Waals surface area contributed by atoms with E-state index in [1.165, 1.54) is 0 Å². The Balaban J connectivity index is 2.59. The highest BCUT2D eigenvalue weighted by molar-refractivity contribution is 6.99. The predicted molar refractivity (Wildman–Crippen MR) is 57.3 cm³/mol. The van der Waals surface area contributed by atoms with Crippen LogP contribution < -0.4 is 0 Å². The van der Waals surface area contributed by atoms with Crippen LogP contribution in [0.2, 0.25) is 5.02 Å². The van der Waals surface area contributed by atoms with Gasteiger partial charge in [0, 0.05) is 5.56 Å². The number of nitrogens with zero attached hydrogens (tertiary/aromatic N) is 2. The molecule has 6 heteroatoms. The number of rotatable bonds is 2. The fourth-order valence-corrected chi connectivity index (χ4v) is 1.94.